The number of methoxy groups -OCH3 is 1. The van der Waals surface area contributed by atoms with Crippen LogP contribution < -0.4 is 4.74 Å². The third-order valence-corrected chi connectivity index (χ3v) is 4.66. The summed E-state index contributed by atoms with van der Waals surface area (Å²) in [6.45, 7) is 2.04. The molecule has 0 aliphatic heterocycles. The highest BCUT2D eigenvalue weighted by Crippen LogP contribution is 2.33. The van der Waals surface area contributed by atoms with Crippen LogP contribution in [0.15, 0.2) is 30.6 Å². The summed E-state index contributed by atoms with van der Waals surface area (Å²) in [4.78, 5) is 32.5. The van der Waals surface area contributed by atoms with Crippen molar-refractivity contribution in [1.82, 2.24) is 9.97 Å². The third kappa shape index (κ3) is 3.26. The fraction of sp³-hybridized carbons (Fsp3) is 0.188. The Labute approximate surface area is 146 Å². The van der Waals surface area contributed by atoms with Gasteiger partial charge in [0, 0.05) is 17.0 Å². The molecule has 8 nitrogen and oxygen atoms in total. The lowest BCUT2D eigenvalue weighted by Gasteiger charge is -2.07. The fourth-order valence-electron chi connectivity index (χ4n) is 2.26. The van der Waals surface area contributed by atoms with E-state index in [9.17, 15) is 14.9 Å². The van der Waals surface area contributed by atoms with Gasteiger partial charge in [-0.05, 0) is 18.6 Å². The highest BCUT2D eigenvalue weighted by atomic mass is 32.1. The molecule has 0 N–H and O–H groups in total. The maximum Gasteiger partial charge on any atom is 0.345 e. The number of fused-ring (bicyclic) bond motifs is 1. The van der Waals surface area contributed by atoms with Crippen LogP contribution in [-0.2, 0) is 11.2 Å². The highest BCUT2D eigenvalue weighted by Gasteiger charge is 2.22. The van der Waals surface area contributed by atoms with E-state index in [1.54, 1.807) is 11.3 Å². The summed E-state index contributed by atoms with van der Waals surface area (Å²) in [5, 5.41) is 11.8. The summed E-state index contributed by atoms with van der Waals surface area (Å²) >= 11 is 1.55. The molecule has 25 heavy (non-hydrogen) atoms. The normalized spacial score (nSPS) is 10.6. The lowest BCUT2D eigenvalue weighted by Crippen LogP contribution is -2.06. The van der Waals surface area contributed by atoms with Crippen molar-refractivity contribution >= 4 is 33.2 Å². The Balaban J connectivity index is 2.02. The minimum Gasteiger partial charge on any atom is -0.465 e. The monoisotopic (exact) mass is 359 g/mol. The molecule has 0 bridgehead atoms. The number of nitrogens with zero attached hydrogens (tertiary/aromatic N) is 3. The molecule has 3 aromatic rings. The number of nitro groups is 1. The topological polar surface area (TPSA) is 104 Å². The second kappa shape index (κ2) is 6.81. The second-order valence-corrected chi connectivity index (χ2v) is 6.11. The number of benzene rings is 1. The van der Waals surface area contributed by atoms with Gasteiger partial charge in [-0.15, -0.1) is 11.3 Å². The number of thiophene rings is 1. The zero-order chi connectivity index (χ0) is 18.0. The fourth-order valence-corrected chi connectivity index (χ4v) is 3.19. The van der Waals surface area contributed by atoms with Crippen molar-refractivity contribution in [3.63, 3.8) is 0 Å². The van der Waals surface area contributed by atoms with E-state index in [1.165, 1.54) is 24.5 Å². The lowest BCUT2D eigenvalue weighted by molar-refractivity contribution is -0.385. The van der Waals surface area contributed by atoms with Gasteiger partial charge in [0.15, 0.2) is 0 Å². The first-order valence-corrected chi connectivity index (χ1v) is 8.13. The first-order valence-electron chi connectivity index (χ1n) is 7.31. The SMILES string of the molecule is CCc1cc2c(Oc3ccc([N+](=O)[O-])c(C(=O)OC)c3)ncnc2s1. The number of hydrogen-bond donors (Lipinski definition) is 0. The highest BCUT2D eigenvalue weighted by molar-refractivity contribution is 7.18. The molecule has 0 unspecified atom stereocenters. The van der Waals surface area contributed by atoms with Crippen molar-refractivity contribution in [3.05, 3.63) is 51.1 Å². The molecule has 0 saturated heterocycles. The zero-order valence-corrected chi connectivity index (χ0v) is 14.2. The van der Waals surface area contributed by atoms with Crippen LogP contribution in [0.1, 0.15) is 22.2 Å². The van der Waals surface area contributed by atoms with Crippen molar-refractivity contribution in [2.75, 3.05) is 7.11 Å². The van der Waals surface area contributed by atoms with Crippen molar-refractivity contribution in [2.45, 2.75) is 13.3 Å². The molecule has 1 aromatic carbocycles. The van der Waals surface area contributed by atoms with Crippen LogP contribution in [0.2, 0.25) is 0 Å². The maximum atomic E-state index is 11.8. The van der Waals surface area contributed by atoms with E-state index in [1.807, 2.05) is 13.0 Å². The van der Waals surface area contributed by atoms with Crippen LogP contribution in [0.4, 0.5) is 5.69 Å². The molecule has 0 aliphatic carbocycles. The van der Waals surface area contributed by atoms with E-state index >= 15 is 0 Å². The quantitative estimate of drug-likeness (QED) is 0.388. The van der Waals surface area contributed by atoms with Gasteiger partial charge in [0.25, 0.3) is 5.69 Å². The van der Waals surface area contributed by atoms with E-state index in [0.717, 1.165) is 28.6 Å². The molecule has 0 amide bonds. The predicted octanol–water partition coefficient (Wildman–Crippen LogP) is 3.74. The smallest absolute Gasteiger partial charge is 0.345 e. The molecule has 128 valence electrons. The van der Waals surface area contributed by atoms with Gasteiger partial charge in [-0.1, -0.05) is 6.92 Å². The van der Waals surface area contributed by atoms with Crippen LogP contribution in [0.5, 0.6) is 11.6 Å². The molecular weight excluding hydrogens is 346 g/mol. The van der Waals surface area contributed by atoms with Gasteiger partial charge in [-0.25, -0.2) is 14.8 Å². The van der Waals surface area contributed by atoms with Crippen molar-refractivity contribution in [1.29, 1.82) is 0 Å². The van der Waals surface area contributed by atoms with Crippen molar-refractivity contribution < 1.29 is 19.2 Å². The van der Waals surface area contributed by atoms with Crippen LogP contribution in [0.3, 0.4) is 0 Å². The Morgan fingerprint density at radius 2 is 2.12 bits per heavy atom. The summed E-state index contributed by atoms with van der Waals surface area (Å²) in [6.07, 6.45) is 2.25. The number of rotatable bonds is 5. The minimum atomic E-state index is -0.811. The maximum absolute atomic E-state index is 11.8. The Bertz CT molecular complexity index is 970. The Kier molecular flexibility index (Phi) is 4.57. The standard InChI is InChI=1S/C16H13N3O5S/c1-3-10-7-12-14(17-8-18-15(12)25-10)24-9-4-5-13(19(21)22)11(6-9)16(20)23-2/h4-8H,3H2,1-2H3. The first kappa shape index (κ1) is 16.8. The van der Waals surface area contributed by atoms with Crippen LogP contribution in [0, 0.1) is 10.1 Å². The van der Waals surface area contributed by atoms with E-state index in [-0.39, 0.29) is 17.0 Å². The molecule has 9 heteroatoms. The average Bonchev–Trinajstić information content (AvgIpc) is 3.05. The molecule has 3 rings (SSSR count). The van der Waals surface area contributed by atoms with Gasteiger partial charge < -0.3 is 9.47 Å². The molecule has 0 aliphatic rings. The van der Waals surface area contributed by atoms with E-state index in [2.05, 4.69) is 14.7 Å². The molecule has 0 spiro atoms. The number of carbonyl (C=O) groups is 1. The van der Waals surface area contributed by atoms with Crippen LogP contribution >= 0.6 is 11.3 Å². The van der Waals surface area contributed by atoms with Crippen LogP contribution in [0.25, 0.3) is 10.2 Å². The largest absolute Gasteiger partial charge is 0.465 e. The van der Waals surface area contributed by atoms with Crippen molar-refractivity contribution in [3.8, 4) is 11.6 Å². The molecule has 2 aromatic heterocycles. The molecule has 0 saturated carbocycles. The van der Waals surface area contributed by atoms with Gasteiger partial charge in [-0.2, -0.15) is 0 Å². The molecule has 0 fully saturated rings. The number of aryl methyl sites for hydroxylation is 1. The van der Waals surface area contributed by atoms with E-state index < -0.39 is 10.9 Å². The Morgan fingerprint density at radius 1 is 1.32 bits per heavy atom. The number of carbonyl (C=O) groups excluding carboxylic acids is 1. The molecular formula is C16H13N3O5S. The van der Waals surface area contributed by atoms with E-state index in [4.69, 9.17) is 4.74 Å². The van der Waals surface area contributed by atoms with Crippen LogP contribution in [-0.4, -0.2) is 28.0 Å². The van der Waals surface area contributed by atoms with Gasteiger partial charge in [-0.3, -0.25) is 10.1 Å². The molecule has 0 radical (unpaired) electrons. The molecule has 0 atom stereocenters. The summed E-state index contributed by atoms with van der Waals surface area (Å²) in [6, 6.07) is 5.82. The van der Waals surface area contributed by atoms with Gasteiger partial charge in [0.1, 0.15) is 22.5 Å². The third-order valence-electron chi connectivity index (χ3n) is 3.48. The Hall–Kier alpha value is -3.07. The Morgan fingerprint density at radius 3 is 2.80 bits per heavy atom. The van der Waals surface area contributed by atoms with Gasteiger partial charge in [0.05, 0.1) is 17.4 Å². The number of hydrogen-bond acceptors (Lipinski definition) is 8. The van der Waals surface area contributed by atoms with Gasteiger partial charge >= 0.3 is 5.97 Å². The predicted molar refractivity (Wildman–Crippen MR) is 91.3 cm³/mol. The average molecular weight is 359 g/mol. The first-order chi connectivity index (χ1) is 12.0. The zero-order valence-electron chi connectivity index (χ0n) is 13.4. The summed E-state index contributed by atoms with van der Waals surface area (Å²) in [5.41, 5.74) is -0.536. The van der Waals surface area contributed by atoms with E-state index in [0.29, 0.717) is 5.88 Å². The number of esters is 1. The summed E-state index contributed by atoms with van der Waals surface area (Å²) < 4.78 is 10.3. The van der Waals surface area contributed by atoms with Crippen molar-refractivity contribution in [2.24, 2.45) is 0 Å². The number of aromatic nitrogens is 2. The summed E-state index contributed by atoms with van der Waals surface area (Å²) in [7, 11) is 1.16. The minimum absolute atomic E-state index is 0.185. The molecule has 2 heterocycles. The van der Waals surface area contributed by atoms with Gasteiger partial charge in [0.2, 0.25) is 5.88 Å². The lowest BCUT2D eigenvalue weighted by atomic mass is 10.1. The second-order valence-electron chi connectivity index (χ2n) is 4.99. The number of ether oxygens (including phenoxy) is 2. The number of nitro benzene ring substituents is 1. The summed E-state index contributed by atoms with van der Waals surface area (Å²) in [5.74, 6) is -0.241.